The van der Waals surface area contributed by atoms with Crippen LogP contribution in [0.4, 0.5) is 17.6 Å². The van der Waals surface area contributed by atoms with E-state index in [9.17, 15) is 22.4 Å². The average molecular weight is 317 g/mol. The van der Waals surface area contributed by atoms with Crippen molar-refractivity contribution >= 4 is 17.4 Å². The summed E-state index contributed by atoms with van der Waals surface area (Å²) in [5, 5.41) is -0.196. The van der Waals surface area contributed by atoms with Crippen LogP contribution in [0.5, 0.6) is 0 Å². The van der Waals surface area contributed by atoms with Gasteiger partial charge in [0.15, 0.2) is 5.78 Å². The van der Waals surface area contributed by atoms with Crippen molar-refractivity contribution in [1.29, 1.82) is 0 Å². The van der Waals surface area contributed by atoms with Crippen molar-refractivity contribution in [2.24, 2.45) is 0 Å². The second-order valence-corrected chi connectivity index (χ2v) is 4.77. The summed E-state index contributed by atoms with van der Waals surface area (Å²) in [7, 11) is 0. The number of hydrogen-bond acceptors (Lipinski definition) is 1. The van der Waals surface area contributed by atoms with E-state index in [2.05, 4.69) is 0 Å². The third-order valence-electron chi connectivity index (χ3n) is 2.89. The van der Waals surface area contributed by atoms with E-state index in [0.29, 0.717) is 0 Å². The summed E-state index contributed by atoms with van der Waals surface area (Å²) in [6, 6.07) is 8.07. The lowest BCUT2D eigenvalue weighted by Crippen LogP contribution is -2.09. The fourth-order valence-electron chi connectivity index (χ4n) is 1.83. The molecule has 21 heavy (non-hydrogen) atoms. The lowest BCUT2D eigenvalue weighted by Gasteiger charge is -2.09. The number of rotatable bonds is 3. The van der Waals surface area contributed by atoms with Crippen LogP contribution in [0.15, 0.2) is 42.5 Å². The molecule has 2 rings (SSSR count). The molecular formula is C15H9ClF4O. The van der Waals surface area contributed by atoms with Gasteiger partial charge in [-0.1, -0.05) is 35.9 Å². The summed E-state index contributed by atoms with van der Waals surface area (Å²) in [6.45, 7) is 0. The molecule has 0 N–H and O–H groups in total. The fourth-order valence-corrected chi connectivity index (χ4v) is 2.02. The van der Waals surface area contributed by atoms with E-state index in [4.69, 9.17) is 11.6 Å². The number of alkyl halides is 3. The van der Waals surface area contributed by atoms with E-state index in [1.54, 1.807) is 0 Å². The number of halogens is 5. The van der Waals surface area contributed by atoms with Gasteiger partial charge < -0.3 is 0 Å². The molecule has 1 nitrogen and oxygen atoms in total. The maximum Gasteiger partial charge on any atom is 0.416 e. The van der Waals surface area contributed by atoms with E-state index in [1.165, 1.54) is 18.2 Å². The van der Waals surface area contributed by atoms with Crippen LogP contribution in [0.25, 0.3) is 0 Å². The Morgan fingerprint density at radius 1 is 1.10 bits per heavy atom. The minimum Gasteiger partial charge on any atom is -0.294 e. The van der Waals surface area contributed by atoms with Crippen molar-refractivity contribution in [3.63, 3.8) is 0 Å². The molecule has 0 aromatic heterocycles. The Balaban J connectivity index is 2.27. The highest BCUT2D eigenvalue weighted by molar-refractivity contribution is 6.31. The molecule has 0 bridgehead atoms. The highest BCUT2D eigenvalue weighted by Crippen LogP contribution is 2.30. The lowest BCUT2D eigenvalue weighted by molar-refractivity contribution is -0.137. The van der Waals surface area contributed by atoms with E-state index in [1.807, 2.05) is 0 Å². The molecule has 6 heteroatoms. The number of carbonyl (C=O) groups is 1. The zero-order valence-electron chi connectivity index (χ0n) is 10.5. The first-order valence-electron chi connectivity index (χ1n) is 5.92. The molecule has 2 aromatic carbocycles. The number of ketones is 1. The van der Waals surface area contributed by atoms with Gasteiger partial charge >= 0.3 is 6.18 Å². The second-order valence-electron chi connectivity index (χ2n) is 4.39. The largest absolute Gasteiger partial charge is 0.416 e. The van der Waals surface area contributed by atoms with E-state index < -0.39 is 23.3 Å². The molecule has 0 unspecified atom stereocenters. The maximum absolute atomic E-state index is 13.3. The molecule has 2 aromatic rings. The number of carbonyl (C=O) groups excluding carboxylic acids is 1. The Bertz CT molecular complexity index is 680. The Hall–Kier alpha value is -1.88. The van der Waals surface area contributed by atoms with Crippen LogP contribution in [0.2, 0.25) is 5.02 Å². The quantitative estimate of drug-likeness (QED) is 0.580. The molecule has 0 radical (unpaired) electrons. The van der Waals surface area contributed by atoms with Crippen LogP contribution in [0, 0.1) is 5.82 Å². The molecule has 0 fully saturated rings. The van der Waals surface area contributed by atoms with Crippen LogP contribution in [0.3, 0.4) is 0 Å². The standard InChI is InChI=1S/C15H9ClF4O/c16-14-10(4-2-6-12(14)17)8-13(21)9-3-1-5-11(7-9)15(18,19)20/h1-7H,8H2. The molecule has 0 aliphatic carbocycles. The first-order chi connectivity index (χ1) is 9.79. The average Bonchev–Trinajstić information content (AvgIpc) is 2.43. The van der Waals surface area contributed by atoms with Gasteiger partial charge in [-0.3, -0.25) is 4.79 Å². The number of Topliss-reactive ketones (excluding diaryl/α,β-unsaturated/α-hetero) is 1. The summed E-state index contributed by atoms with van der Waals surface area (Å²) < 4.78 is 51.0. The third kappa shape index (κ3) is 3.61. The molecule has 110 valence electrons. The van der Waals surface area contributed by atoms with Crippen LogP contribution in [0.1, 0.15) is 21.5 Å². The van der Waals surface area contributed by atoms with Crippen molar-refractivity contribution in [2.45, 2.75) is 12.6 Å². The van der Waals surface area contributed by atoms with Gasteiger partial charge in [0.05, 0.1) is 10.6 Å². The van der Waals surface area contributed by atoms with E-state index >= 15 is 0 Å². The molecule has 0 aliphatic rings. The Kier molecular flexibility index (Phi) is 4.32. The monoisotopic (exact) mass is 316 g/mol. The molecule has 0 saturated heterocycles. The first-order valence-corrected chi connectivity index (χ1v) is 6.30. The second kappa shape index (κ2) is 5.85. The molecule has 0 aliphatic heterocycles. The minimum atomic E-state index is -4.52. The predicted octanol–water partition coefficient (Wildman–Crippen LogP) is 4.92. The molecule has 0 heterocycles. The summed E-state index contributed by atoms with van der Waals surface area (Å²) in [5.74, 6) is -1.24. The van der Waals surface area contributed by atoms with Gasteiger partial charge in [-0.05, 0) is 23.8 Å². The van der Waals surface area contributed by atoms with Gasteiger partial charge in [0.25, 0.3) is 0 Å². The molecule has 0 saturated carbocycles. The zero-order chi connectivity index (χ0) is 15.6. The number of hydrogen-bond donors (Lipinski definition) is 0. The SMILES string of the molecule is O=C(Cc1cccc(F)c1Cl)c1cccc(C(F)(F)F)c1. The van der Waals surface area contributed by atoms with Crippen molar-refractivity contribution in [3.05, 3.63) is 70.0 Å². The Labute approximate surface area is 123 Å². The Morgan fingerprint density at radius 3 is 2.43 bits per heavy atom. The topological polar surface area (TPSA) is 17.1 Å². The summed E-state index contributed by atoms with van der Waals surface area (Å²) in [5.41, 5.74) is -0.761. The smallest absolute Gasteiger partial charge is 0.294 e. The fraction of sp³-hybridized carbons (Fsp3) is 0.133. The maximum atomic E-state index is 13.3. The third-order valence-corrected chi connectivity index (χ3v) is 3.32. The van der Waals surface area contributed by atoms with Gasteiger partial charge in [-0.25, -0.2) is 4.39 Å². The normalized spacial score (nSPS) is 11.5. The molecule has 0 amide bonds. The highest BCUT2D eigenvalue weighted by Gasteiger charge is 2.30. The molecular weight excluding hydrogens is 308 g/mol. The minimum absolute atomic E-state index is 0.0925. The van der Waals surface area contributed by atoms with E-state index in [-0.39, 0.29) is 22.6 Å². The molecule has 0 spiro atoms. The van der Waals surface area contributed by atoms with Gasteiger partial charge in [0, 0.05) is 12.0 Å². The van der Waals surface area contributed by atoms with Gasteiger partial charge in [0.2, 0.25) is 0 Å². The van der Waals surface area contributed by atoms with Crippen LogP contribution in [-0.2, 0) is 12.6 Å². The first kappa shape index (κ1) is 15.5. The van der Waals surface area contributed by atoms with Crippen molar-refractivity contribution in [1.82, 2.24) is 0 Å². The number of benzene rings is 2. The highest BCUT2D eigenvalue weighted by atomic mass is 35.5. The summed E-state index contributed by atoms with van der Waals surface area (Å²) in [6.07, 6.45) is -4.79. The van der Waals surface area contributed by atoms with Crippen LogP contribution < -0.4 is 0 Å². The summed E-state index contributed by atoms with van der Waals surface area (Å²) in [4.78, 5) is 12.0. The lowest BCUT2D eigenvalue weighted by atomic mass is 10.0. The van der Waals surface area contributed by atoms with Gasteiger partial charge in [0.1, 0.15) is 5.82 Å². The van der Waals surface area contributed by atoms with Gasteiger partial charge in [-0.15, -0.1) is 0 Å². The summed E-state index contributed by atoms with van der Waals surface area (Å²) >= 11 is 5.72. The van der Waals surface area contributed by atoms with Crippen LogP contribution >= 0.6 is 11.6 Å². The van der Waals surface area contributed by atoms with Crippen LogP contribution in [-0.4, -0.2) is 5.78 Å². The van der Waals surface area contributed by atoms with Gasteiger partial charge in [-0.2, -0.15) is 13.2 Å². The van der Waals surface area contributed by atoms with Crippen molar-refractivity contribution in [2.75, 3.05) is 0 Å². The van der Waals surface area contributed by atoms with E-state index in [0.717, 1.165) is 24.3 Å². The van der Waals surface area contributed by atoms with Crippen molar-refractivity contribution in [3.8, 4) is 0 Å². The molecule has 0 atom stereocenters. The zero-order valence-corrected chi connectivity index (χ0v) is 11.3. The van der Waals surface area contributed by atoms with Crippen molar-refractivity contribution < 1.29 is 22.4 Å². The Morgan fingerprint density at radius 2 is 1.76 bits per heavy atom. The predicted molar refractivity (Wildman–Crippen MR) is 70.9 cm³/mol.